The number of anilines is 1. The maximum atomic E-state index is 12.2. The number of nitrogens with two attached hydrogens (primary N) is 1. The van der Waals surface area contributed by atoms with Gasteiger partial charge in [0.15, 0.2) is 0 Å². The molecule has 0 bridgehead atoms. The minimum atomic E-state index is -0.499. The molecule has 0 aliphatic carbocycles. The quantitative estimate of drug-likeness (QED) is 0.283. The van der Waals surface area contributed by atoms with Gasteiger partial charge in [-0.2, -0.15) is 0 Å². The molecule has 2 heterocycles. The number of pyridine rings is 1. The molecule has 11 nitrogen and oxygen atoms in total. The minimum Gasteiger partial charge on any atom is -0.468 e. The molecule has 0 aliphatic rings. The lowest BCUT2D eigenvalue weighted by Crippen LogP contribution is -2.29. The average Bonchev–Trinajstić information content (AvgIpc) is 3.13. The number of ether oxygens (including phenoxy) is 1. The van der Waals surface area contributed by atoms with Gasteiger partial charge >= 0.3 is 5.97 Å². The van der Waals surface area contributed by atoms with Crippen molar-refractivity contribution in [1.29, 1.82) is 0 Å². The standard InChI is InChI=1S/C19H20N6O5/c1-30-16(26)11-22-18-17(12-3-2-4-14(9-12)25(28)29)23-15-10-13(5-8-24(15)18)19(27)21-7-6-20/h2-5,8-10,22H,6-7,11,20H2,1H3,(H,21,27). The summed E-state index contributed by atoms with van der Waals surface area (Å²) >= 11 is 0. The number of imidazole rings is 1. The van der Waals surface area contributed by atoms with Crippen LogP contribution in [0.2, 0.25) is 0 Å². The van der Waals surface area contributed by atoms with Crippen LogP contribution in [0.25, 0.3) is 16.9 Å². The predicted molar refractivity (Wildman–Crippen MR) is 109 cm³/mol. The fourth-order valence-electron chi connectivity index (χ4n) is 2.84. The lowest BCUT2D eigenvalue weighted by molar-refractivity contribution is -0.384. The molecule has 0 fully saturated rings. The Morgan fingerprint density at radius 1 is 1.30 bits per heavy atom. The zero-order valence-electron chi connectivity index (χ0n) is 16.1. The van der Waals surface area contributed by atoms with Crippen molar-refractivity contribution in [3.63, 3.8) is 0 Å². The molecule has 11 heteroatoms. The average molecular weight is 412 g/mol. The topological polar surface area (TPSA) is 154 Å². The van der Waals surface area contributed by atoms with Crippen LogP contribution in [0.3, 0.4) is 0 Å². The summed E-state index contributed by atoms with van der Waals surface area (Å²) in [6.07, 6.45) is 1.63. The Morgan fingerprint density at radius 3 is 2.80 bits per heavy atom. The van der Waals surface area contributed by atoms with E-state index >= 15 is 0 Å². The normalized spacial score (nSPS) is 10.6. The van der Waals surface area contributed by atoms with Crippen molar-refractivity contribution in [1.82, 2.24) is 14.7 Å². The molecule has 0 aliphatic heterocycles. The molecule has 4 N–H and O–H groups in total. The minimum absolute atomic E-state index is 0.0923. The number of nitrogens with one attached hydrogen (secondary N) is 2. The molecule has 2 aromatic heterocycles. The number of rotatable bonds is 8. The molecule has 3 rings (SSSR count). The fourth-order valence-corrected chi connectivity index (χ4v) is 2.84. The van der Waals surface area contributed by atoms with Crippen molar-refractivity contribution in [2.75, 3.05) is 32.1 Å². The number of nitrogens with zero attached hydrogens (tertiary/aromatic N) is 3. The van der Waals surface area contributed by atoms with Crippen molar-refractivity contribution in [3.05, 3.63) is 58.3 Å². The van der Waals surface area contributed by atoms with Crippen LogP contribution in [0.1, 0.15) is 10.4 Å². The van der Waals surface area contributed by atoms with Crippen LogP contribution < -0.4 is 16.4 Å². The zero-order chi connectivity index (χ0) is 21.7. The van der Waals surface area contributed by atoms with E-state index in [0.29, 0.717) is 41.4 Å². The number of carbonyl (C=O) groups excluding carboxylic acids is 2. The smallest absolute Gasteiger partial charge is 0.325 e. The SMILES string of the molecule is COC(=O)CNc1c(-c2cccc([N+](=O)[O-])c2)nc2cc(C(=O)NCCN)ccn12. The Hall–Kier alpha value is -3.99. The Kier molecular flexibility index (Phi) is 6.23. The molecule has 0 radical (unpaired) electrons. The molecule has 30 heavy (non-hydrogen) atoms. The molecule has 3 aromatic rings. The first kappa shape index (κ1) is 20.7. The van der Waals surface area contributed by atoms with Crippen LogP contribution in [-0.2, 0) is 9.53 Å². The van der Waals surface area contributed by atoms with Gasteiger partial charge in [-0.05, 0) is 12.1 Å². The number of esters is 1. The van der Waals surface area contributed by atoms with Gasteiger partial charge in [0.25, 0.3) is 11.6 Å². The first-order valence-electron chi connectivity index (χ1n) is 9.00. The highest BCUT2D eigenvalue weighted by Gasteiger charge is 2.18. The van der Waals surface area contributed by atoms with Crippen LogP contribution in [0.5, 0.6) is 0 Å². The second kappa shape index (κ2) is 9.01. The highest BCUT2D eigenvalue weighted by Crippen LogP contribution is 2.31. The van der Waals surface area contributed by atoms with E-state index in [9.17, 15) is 19.7 Å². The number of aromatic nitrogens is 2. The molecule has 0 unspecified atom stereocenters. The van der Waals surface area contributed by atoms with E-state index in [1.165, 1.54) is 19.2 Å². The van der Waals surface area contributed by atoms with Crippen molar-refractivity contribution < 1.29 is 19.2 Å². The summed E-state index contributed by atoms with van der Waals surface area (Å²) in [5, 5.41) is 16.8. The molecule has 156 valence electrons. The van der Waals surface area contributed by atoms with Gasteiger partial charge in [-0.15, -0.1) is 0 Å². The number of hydrogen-bond donors (Lipinski definition) is 3. The van der Waals surface area contributed by atoms with E-state index in [2.05, 4.69) is 20.4 Å². The Balaban J connectivity index is 2.09. The summed E-state index contributed by atoms with van der Waals surface area (Å²) in [6, 6.07) is 9.16. The highest BCUT2D eigenvalue weighted by atomic mass is 16.6. The number of nitro groups is 1. The first-order valence-corrected chi connectivity index (χ1v) is 9.00. The van der Waals surface area contributed by atoms with E-state index in [-0.39, 0.29) is 18.1 Å². The summed E-state index contributed by atoms with van der Waals surface area (Å²) in [7, 11) is 1.27. The van der Waals surface area contributed by atoms with Gasteiger partial charge in [0.1, 0.15) is 23.7 Å². The maximum Gasteiger partial charge on any atom is 0.325 e. The molecular formula is C19H20N6O5. The van der Waals surface area contributed by atoms with Crippen molar-refractivity contribution in [2.24, 2.45) is 5.73 Å². The highest BCUT2D eigenvalue weighted by molar-refractivity contribution is 5.95. The maximum absolute atomic E-state index is 12.2. The van der Waals surface area contributed by atoms with Gasteiger partial charge in [0.2, 0.25) is 0 Å². The first-order chi connectivity index (χ1) is 14.4. The number of amides is 1. The zero-order valence-corrected chi connectivity index (χ0v) is 16.1. The number of methoxy groups -OCH3 is 1. The van der Waals surface area contributed by atoms with Gasteiger partial charge < -0.3 is 21.1 Å². The number of hydrogen-bond acceptors (Lipinski definition) is 8. The van der Waals surface area contributed by atoms with Gasteiger partial charge in [-0.3, -0.25) is 24.1 Å². The van der Waals surface area contributed by atoms with Crippen LogP contribution in [0.15, 0.2) is 42.6 Å². The molecule has 1 amide bonds. The van der Waals surface area contributed by atoms with E-state index in [0.717, 1.165) is 0 Å². The van der Waals surface area contributed by atoms with Gasteiger partial charge in [0, 0.05) is 42.5 Å². The molecule has 0 atom stereocenters. The summed E-state index contributed by atoms with van der Waals surface area (Å²) in [6.45, 7) is 0.518. The third-order valence-electron chi connectivity index (χ3n) is 4.28. The Morgan fingerprint density at radius 2 is 2.10 bits per heavy atom. The van der Waals surface area contributed by atoms with Gasteiger partial charge in [-0.1, -0.05) is 12.1 Å². The van der Waals surface area contributed by atoms with Gasteiger partial charge in [-0.25, -0.2) is 4.98 Å². The third-order valence-corrected chi connectivity index (χ3v) is 4.28. The predicted octanol–water partition coefficient (Wildman–Crippen LogP) is 1.18. The third kappa shape index (κ3) is 4.36. The van der Waals surface area contributed by atoms with Crippen molar-refractivity contribution in [3.8, 4) is 11.3 Å². The summed E-state index contributed by atoms with van der Waals surface area (Å²) in [5.74, 6) is -0.357. The van der Waals surface area contributed by atoms with Crippen LogP contribution in [0, 0.1) is 10.1 Å². The second-order valence-electron chi connectivity index (χ2n) is 6.23. The van der Waals surface area contributed by atoms with Crippen LogP contribution in [0.4, 0.5) is 11.5 Å². The molecule has 0 saturated heterocycles. The molecule has 0 saturated carbocycles. The Bertz CT molecular complexity index is 1110. The molecule has 0 spiro atoms. The van der Waals surface area contributed by atoms with Crippen molar-refractivity contribution >= 4 is 29.0 Å². The fraction of sp³-hybridized carbons (Fsp3) is 0.211. The number of carbonyl (C=O) groups is 2. The monoisotopic (exact) mass is 412 g/mol. The van der Waals surface area contributed by atoms with E-state index in [1.54, 1.807) is 34.9 Å². The molecule has 1 aromatic carbocycles. The van der Waals surface area contributed by atoms with E-state index < -0.39 is 10.9 Å². The summed E-state index contributed by atoms with van der Waals surface area (Å²) < 4.78 is 6.31. The van der Waals surface area contributed by atoms with Crippen molar-refractivity contribution in [2.45, 2.75) is 0 Å². The Labute approximate surface area is 171 Å². The number of benzene rings is 1. The summed E-state index contributed by atoms with van der Waals surface area (Å²) in [4.78, 5) is 39.0. The number of non-ortho nitro benzene ring substituents is 1. The number of fused-ring (bicyclic) bond motifs is 1. The second-order valence-corrected chi connectivity index (χ2v) is 6.23. The van der Waals surface area contributed by atoms with E-state index in [4.69, 9.17) is 5.73 Å². The lowest BCUT2D eigenvalue weighted by atomic mass is 10.1. The lowest BCUT2D eigenvalue weighted by Gasteiger charge is -2.08. The largest absolute Gasteiger partial charge is 0.468 e. The number of nitro benzene ring substituents is 1. The van der Waals surface area contributed by atoms with E-state index in [1.807, 2.05) is 0 Å². The van der Waals surface area contributed by atoms with Crippen LogP contribution >= 0.6 is 0 Å². The summed E-state index contributed by atoms with van der Waals surface area (Å²) in [5.41, 5.74) is 6.99. The van der Waals surface area contributed by atoms with Crippen LogP contribution in [-0.4, -0.2) is 52.9 Å². The molecular weight excluding hydrogens is 392 g/mol. The van der Waals surface area contributed by atoms with Gasteiger partial charge in [0.05, 0.1) is 12.0 Å².